The minimum absolute atomic E-state index is 0.0998. The van der Waals surface area contributed by atoms with E-state index >= 15 is 0 Å². The first-order valence-electron chi connectivity index (χ1n) is 8.09. The third-order valence-corrected chi connectivity index (χ3v) is 4.47. The van der Waals surface area contributed by atoms with E-state index in [4.69, 9.17) is 11.6 Å². The number of piperidine rings is 1. The predicted molar refractivity (Wildman–Crippen MR) is 96.7 cm³/mol. The molecule has 3 rings (SSSR count). The molecule has 1 unspecified atom stereocenters. The first-order chi connectivity index (χ1) is 12.1. The van der Waals surface area contributed by atoms with Crippen LogP contribution < -0.4 is 5.32 Å². The van der Waals surface area contributed by atoms with Gasteiger partial charge in [-0.05, 0) is 43.2 Å². The van der Waals surface area contributed by atoms with Crippen molar-refractivity contribution in [3.63, 3.8) is 0 Å². The first kappa shape index (κ1) is 17.2. The van der Waals surface area contributed by atoms with Gasteiger partial charge in [-0.3, -0.25) is 9.59 Å². The van der Waals surface area contributed by atoms with Crippen molar-refractivity contribution in [1.82, 2.24) is 14.7 Å². The molecular formula is C18H19ClN4O2. The number of halogens is 1. The van der Waals surface area contributed by atoms with Crippen LogP contribution in [0.25, 0.3) is 5.69 Å². The van der Waals surface area contributed by atoms with E-state index in [2.05, 4.69) is 17.0 Å². The predicted octanol–water partition coefficient (Wildman–Crippen LogP) is 2.89. The number of hydrogen-bond acceptors (Lipinski definition) is 3. The minimum atomic E-state index is -0.225. The molecule has 0 bridgehead atoms. The van der Waals surface area contributed by atoms with E-state index in [0.29, 0.717) is 23.8 Å². The first-order valence-corrected chi connectivity index (χ1v) is 8.47. The van der Waals surface area contributed by atoms with Gasteiger partial charge in [0.1, 0.15) is 0 Å². The van der Waals surface area contributed by atoms with Crippen LogP contribution in [-0.4, -0.2) is 39.6 Å². The summed E-state index contributed by atoms with van der Waals surface area (Å²) in [5.74, 6) is -0.457. The van der Waals surface area contributed by atoms with Crippen LogP contribution in [-0.2, 0) is 9.59 Å². The van der Waals surface area contributed by atoms with Gasteiger partial charge in [0.2, 0.25) is 11.8 Å². The van der Waals surface area contributed by atoms with Gasteiger partial charge in [-0.25, -0.2) is 4.68 Å². The van der Waals surface area contributed by atoms with Crippen molar-refractivity contribution in [2.75, 3.05) is 18.4 Å². The fraction of sp³-hybridized carbons (Fsp3) is 0.278. The Morgan fingerprint density at radius 1 is 1.32 bits per heavy atom. The van der Waals surface area contributed by atoms with E-state index in [9.17, 15) is 9.59 Å². The fourth-order valence-electron chi connectivity index (χ4n) is 2.89. The minimum Gasteiger partial charge on any atom is -0.338 e. The second-order valence-corrected chi connectivity index (χ2v) is 6.40. The van der Waals surface area contributed by atoms with Crippen molar-refractivity contribution < 1.29 is 9.59 Å². The third kappa shape index (κ3) is 4.09. The Kier molecular flexibility index (Phi) is 5.19. The smallest absolute Gasteiger partial charge is 0.245 e. The van der Waals surface area contributed by atoms with E-state index in [-0.39, 0.29) is 17.7 Å². The van der Waals surface area contributed by atoms with E-state index in [1.54, 1.807) is 34.1 Å². The van der Waals surface area contributed by atoms with Crippen molar-refractivity contribution in [2.24, 2.45) is 5.92 Å². The summed E-state index contributed by atoms with van der Waals surface area (Å²) in [5, 5.41) is 7.78. The largest absolute Gasteiger partial charge is 0.338 e. The lowest BCUT2D eigenvalue weighted by atomic mass is 9.97. The topological polar surface area (TPSA) is 67.2 Å². The van der Waals surface area contributed by atoms with E-state index in [1.807, 2.05) is 12.1 Å². The Balaban J connectivity index is 1.64. The maximum atomic E-state index is 12.5. The molecule has 2 heterocycles. The molecule has 1 aromatic carbocycles. The molecular weight excluding hydrogens is 340 g/mol. The van der Waals surface area contributed by atoms with Crippen LogP contribution in [0.5, 0.6) is 0 Å². The Bertz CT molecular complexity index is 785. The molecule has 7 heteroatoms. The lowest BCUT2D eigenvalue weighted by Crippen LogP contribution is -2.43. The second-order valence-electron chi connectivity index (χ2n) is 5.97. The molecule has 1 aliphatic heterocycles. The molecule has 2 aromatic rings. The number of likely N-dealkylation sites (tertiary alicyclic amines) is 1. The molecule has 1 N–H and O–H groups in total. The normalized spacial score (nSPS) is 17.2. The molecule has 25 heavy (non-hydrogen) atoms. The average molecular weight is 359 g/mol. The van der Waals surface area contributed by atoms with Crippen LogP contribution >= 0.6 is 11.6 Å². The van der Waals surface area contributed by atoms with Gasteiger partial charge < -0.3 is 10.2 Å². The summed E-state index contributed by atoms with van der Waals surface area (Å²) in [5.41, 5.74) is 1.47. The summed E-state index contributed by atoms with van der Waals surface area (Å²) < 4.78 is 1.67. The molecule has 6 nitrogen and oxygen atoms in total. The second kappa shape index (κ2) is 7.53. The number of carbonyl (C=O) groups excluding carboxylic acids is 2. The number of nitrogens with zero attached hydrogens (tertiary/aromatic N) is 3. The van der Waals surface area contributed by atoms with Crippen molar-refractivity contribution in [2.45, 2.75) is 12.8 Å². The maximum Gasteiger partial charge on any atom is 0.245 e. The average Bonchev–Trinajstić information content (AvgIpc) is 3.10. The molecule has 1 atom stereocenters. The number of nitrogens with one attached hydrogen (secondary N) is 1. The Morgan fingerprint density at radius 2 is 2.08 bits per heavy atom. The summed E-state index contributed by atoms with van der Waals surface area (Å²) in [6.07, 6.45) is 6.20. The molecule has 0 aliphatic carbocycles. The molecule has 0 saturated carbocycles. The number of amides is 2. The highest BCUT2D eigenvalue weighted by Gasteiger charge is 2.27. The lowest BCUT2D eigenvalue weighted by Gasteiger charge is -2.31. The summed E-state index contributed by atoms with van der Waals surface area (Å²) in [6.45, 7) is 4.59. The number of benzene rings is 1. The van der Waals surface area contributed by atoms with E-state index in [0.717, 1.165) is 18.5 Å². The summed E-state index contributed by atoms with van der Waals surface area (Å²) in [4.78, 5) is 25.9. The Morgan fingerprint density at radius 3 is 2.80 bits per heavy atom. The Hall–Kier alpha value is -2.60. The zero-order valence-electron chi connectivity index (χ0n) is 13.7. The highest BCUT2D eigenvalue weighted by atomic mass is 35.5. The molecule has 0 radical (unpaired) electrons. The van der Waals surface area contributed by atoms with Gasteiger partial charge in [0, 0.05) is 18.1 Å². The molecule has 1 fully saturated rings. The van der Waals surface area contributed by atoms with Gasteiger partial charge in [-0.1, -0.05) is 18.2 Å². The van der Waals surface area contributed by atoms with Crippen molar-refractivity contribution in [3.05, 3.63) is 54.3 Å². The van der Waals surface area contributed by atoms with Crippen LogP contribution in [0.4, 0.5) is 5.69 Å². The third-order valence-electron chi connectivity index (χ3n) is 4.22. The number of anilines is 1. The van der Waals surface area contributed by atoms with Crippen molar-refractivity contribution in [3.8, 4) is 5.69 Å². The molecule has 1 saturated heterocycles. The molecule has 130 valence electrons. The van der Waals surface area contributed by atoms with Gasteiger partial charge in [0.15, 0.2) is 0 Å². The molecule has 1 aliphatic rings. The van der Waals surface area contributed by atoms with Crippen LogP contribution in [0.1, 0.15) is 12.8 Å². The molecule has 2 amide bonds. The monoisotopic (exact) mass is 358 g/mol. The van der Waals surface area contributed by atoms with Crippen LogP contribution in [0, 0.1) is 5.92 Å². The lowest BCUT2D eigenvalue weighted by molar-refractivity contribution is -0.130. The highest BCUT2D eigenvalue weighted by molar-refractivity contribution is 6.30. The van der Waals surface area contributed by atoms with Crippen LogP contribution in [0.15, 0.2) is 49.3 Å². The SMILES string of the molecule is C=CC(=O)N1CCCC(C(=O)Nc2cnn(-c3ccc(Cl)cc3)c2)C1. The van der Waals surface area contributed by atoms with Crippen molar-refractivity contribution in [1.29, 1.82) is 0 Å². The number of carbonyl (C=O) groups is 2. The van der Waals surface area contributed by atoms with Crippen LogP contribution in [0.2, 0.25) is 5.02 Å². The summed E-state index contributed by atoms with van der Waals surface area (Å²) in [7, 11) is 0. The maximum absolute atomic E-state index is 12.5. The van der Waals surface area contributed by atoms with Crippen molar-refractivity contribution >= 4 is 29.1 Å². The Labute approximate surface area is 151 Å². The zero-order valence-corrected chi connectivity index (χ0v) is 14.4. The van der Waals surface area contributed by atoms with Gasteiger partial charge in [-0.2, -0.15) is 5.10 Å². The number of aromatic nitrogens is 2. The van der Waals surface area contributed by atoms with E-state index < -0.39 is 0 Å². The van der Waals surface area contributed by atoms with Gasteiger partial charge in [-0.15, -0.1) is 0 Å². The zero-order chi connectivity index (χ0) is 17.8. The fourth-order valence-corrected chi connectivity index (χ4v) is 3.01. The standard InChI is InChI=1S/C18H19ClN4O2/c1-2-17(24)22-9-3-4-13(11-22)18(25)21-15-10-20-23(12-15)16-7-5-14(19)6-8-16/h2,5-8,10,12-13H,1,3-4,9,11H2,(H,21,25). The summed E-state index contributed by atoms with van der Waals surface area (Å²) in [6, 6.07) is 7.26. The van der Waals surface area contributed by atoms with Crippen LogP contribution in [0.3, 0.4) is 0 Å². The van der Waals surface area contributed by atoms with Gasteiger partial charge in [0.25, 0.3) is 0 Å². The van der Waals surface area contributed by atoms with Gasteiger partial charge >= 0.3 is 0 Å². The van der Waals surface area contributed by atoms with Gasteiger partial charge in [0.05, 0.1) is 29.7 Å². The molecule has 1 aromatic heterocycles. The summed E-state index contributed by atoms with van der Waals surface area (Å²) >= 11 is 5.88. The quantitative estimate of drug-likeness (QED) is 0.854. The number of rotatable bonds is 4. The molecule has 0 spiro atoms. The number of hydrogen-bond donors (Lipinski definition) is 1. The highest BCUT2D eigenvalue weighted by Crippen LogP contribution is 2.20. The van der Waals surface area contributed by atoms with E-state index in [1.165, 1.54) is 6.08 Å².